The molecule has 0 N–H and O–H groups in total. The van der Waals surface area contributed by atoms with Crippen molar-refractivity contribution in [2.24, 2.45) is 0 Å². The van der Waals surface area contributed by atoms with E-state index in [2.05, 4.69) is 44.0 Å². The molecule has 3 heteroatoms. The molecule has 0 saturated heterocycles. The Morgan fingerprint density at radius 3 is 2.39 bits per heavy atom. The molecule has 0 aliphatic carbocycles. The van der Waals surface area contributed by atoms with Crippen molar-refractivity contribution >= 4 is 31.9 Å². The van der Waals surface area contributed by atoms with Gasteiger partial charge in [-0.25, -0.2) is 4.39 Å². The van der Waals surface area contributed by atoms with E-state index in [0.29, 0.717) is 5.92 Å². The SMILES string of the molecule is Fc1ccc(CC(CBr)c2cccc(Br)c2)cc1. The van der Waals surface area contributed by atoms with E-state index in [0.717, 1.165) is 21.8 Å². The smallest absolute Gasteiger partial charge is 0.123 e. The van der Waals surface area contributed by atoms with Gasteiger partial charge in [-0.05, 0) is 47.7 Å². The van der Waals surface area contributed by atoms with Gasteiger partial charge in [0.25, 0.3) is 0 Å². The zero-order valence-electron chi connectivity index (χ0n) is 9.74. The first-order chi connectivity index (χ1) is 8.69. The third kappa shape index (κ3) is 3.66. The summed E-state index contributed by atoms with van der Waals surface area (Å²) >= 11 is 7.05. The zero-order valence-corrected chi connectivity index (χ0v) is 12.9. The Kier molecular flexibility index (Phi) is 4.95. The second-order valence-corrected chi connectivity index (χ2v) is 5.80. The van der Waals surface area contributed by atoms with Crippen LogP contribution < -0.4 is 0 Å². The van der Waals surface area contributed by atoms with Crippen molar-refractivity contribution in [3.8, 4) is 0 Å². The minimum Gasteiger partial charge on any atom is -0.207 e. The van der Waals surface area contributed by atoms with Crippen LogP contribution in [-0.2, 0) is 6.42 Å². The van der Waals surface area contributed by atoms with Crippen molar-refractivity contribution in [1.82, 2.24) is 0 Å². The summed E-state index contributed by atoms with van der Waals surface area (Å²) < 4.78 is 14.0. The van der Waals surface area contributed by atoms with E-state index in [1.807, 2.05) is 24.3 Å². The largest absolute Gasteiger partial charge is 0.207 e. The molecule has 2 rings (SSSR count). The lowest BCUT2D eigenvalue weighted by Gasteiger charge is -2.15. The van der Waals surface area contributed by atoms with E-state index in [9.17, 15) is 4.39 Å². The predicted molar refractivity (Wildman–Crippen MR) is 80.8 cm³/mol. The summed E-state index contributed by atoms with van der Waals surface area (Å²) in [6, 6.07) is 15.1. The van der Waals surface area contributed by atoms with Gasteiger partial charge < -0.3 is 0 Å². The number of hydrogen-bond acceptors (Lipinski definition) is 0. The van der Waals surface area contributed by atoms with Crippen LogP contribution in [0.3, 0.4) is 0 Å². The van der Waals surface area contributed by atoms with Crippen LogP contribution in [0.4, 0.5) is 4.39 Å². The minimum atomic E-state index is -0.184. The lowest BCUT2D eigenvalue weighted by molar-refractivity contribution is 0.626. The van der Waals surface area contributed by atoms with E-state index < -0.39 is 0 Å². The number of hydrogen-bond donors (Lipinski definition) is 0. The average Bonchev–Trinajstić information content (AvgIpc) is 2.38. The molecule has 0 spiro atoms. The van der Waals surface area contributed by atoms with Crippen LogP contribution in [0.5, 0.6) is 0 Å². The molecule has 18 heavy (non-hydrogen) atoms. The van der Waals surface area contributed by atoms with Crippen molar-refractivity contribution < 1.29 is 4.39 Å². The van der Waals surface area contributed by atoms with Gasteiger partial charge in [0.15, 0.2) is 0 Å². The first-order valence-electron chi connectivity index (χ1n) is 5.75. The zero-order chi connectivity index (χ0) is 13.0. The Hall–Kier alpha value is -0.670. The monoisotopic (exact) mass is 370 g/mol. The highest BCUT2D eigenvalue weighted by atomic mass is 79.9. The van der Waals surface area contributed by atoms with Crippen LogP contribution in [0.1, 0.15) is 17.0 Å². The molecule has 1 unspecified atom stereocenters. The van der Waals surface area contributed by atoms with Gasteiger partial charge in [-0.1, -0.05) is 56.1 Å². The Balaban J connectivity index is 2.17. The van der Waals surface area contributed by atoms with Crippen LogP contribution in [0.2, 0.25) is 0 Å². The van der Waals surface area contributed by atoms with E-state index in [-0.39, 0.29) is 5.82 Å². The summed E-state index contributed by atoms with van der Waals surface area (Å²) in [5.41, 5.74) is 2.44. The van der Waals surface area contributed by atoms with Crippen molar-refractivity contribution in [3.63, 3.8) is 0 Å². The summed E-state index contributed by atoms with van der Waals surface area (Å²) in [5.74, 6) is 0.213. The van der Waals surface area contributed by atoms with Crippen molar-refractivity contribution in [2.75, 3.05) is 5.33 Å². The van der Waals surface area contributed by atoms with Crippen LogP contribution in [0.15, 0.2) is 53.0 Å². The molecular weight excluding hydrogens is 359 g/mol. The first kappa shape index (κ1) is 13.8. The van der Waals surface area contributed by atoms with Crippen LogP contribution in [-0.4, -0.2) is 5.33 Å². The van der Waals surface area contributed by atoms with E-state index in [4.69, 9.17) is 0 Å². The molecule has 0 saturated carbocycles. The molecule has 0 bridgehead atoms. The Morgan fingerprint density at radius 2 is 1.78 bits per heavy atom. The van der Waals surface area contributed by atoms with E-state index in [1.165, 1.54) is 17.7 Å². The minimum absolute atomic E-state index is 0.184. The normalized spacial score (nSPS) is 12.4. The van der Waals surface area contributed by atoms with E-state index >= 15 is 0 Å². The lowest BCUT2D eigenvalue weighted by atomic mass is 9.94. The molecule has 0 aliphatic rings. The Morgan fingerprint density at radius 1 is 1.06 bits per heavy atom. The molecule has 0 heterocycles. The van der Waals surface area contributed by atoms with Gasteiger partial charge in [0, 0.05) is 9.80 Å². The number of benzene rings is 2. The Bertz CT molecular complexity index is 508. The van der Waals surface area contributed by atoms with Crippen molar-refractivity contribution in [1.29, 1.82) is 0 Å². The third-order valence-electron chi connectivity index (χ3n) is 2.90. The van der Waals surface area contributed by atoms with Gasteiger partial charge >= 0.3 is 0 Å². The second kappa shape index (κ2) is 6.48. The summed E-state index contributed by atoms with van der Waals surface area (Å²) in [4.78, 5) is 0. The fourth-order valence-electron chi connectivity index (χ4n) is 1.93. The molecular formula is C15H13Br2F. The summed E-state index contributed by atoms with van der Waals surface area (Å²) in [7, 11) is 0. The fraction of sp³-hybridized carbons (Fsp3) is 0.200. The third-order valence-corrected chi connectivity index (χ3v) is 4.18. The molecule has 1 atom stereocenters. The average molecular weight is 372 g/mol. The molecule has 0 nitrogen and oxygen atoms in total. The highest BCUT2D eigenvalue weighted by Crippen LogP contribution is 2.25. The van der Waals surface area contributed by atoms with Gasteiger partial charge in [-0.15, -0.1) is 0 Å². The summed E-state index contributed by atoms with van der Waals surface area (Å²) in [6.07, 6.45) is 0.905. The number of rotatable bonds is 4. The van der Waals surface area contributed by atoms with Crippen LogP contribution in [0.25, 0.3) is 0 Å². The summed E-state index contributed by atoms with van der Waals surface area (Å²) in [6.45, 7) is 0. The van der Waals surface area contributed by atoms with Gasteiger partial charge in [0.05, 0.1) is 0 Å². The van der Waals surface area contributed by atoms with Crippen LogP contribution >= 0.6 is 31.9 Å². The van der Waals surface area contributed by atoms with Gasteiger partial charge in [-0.3, -0.25) is 0 Å². The predicted octanol–water partition coefficient (Wildman–Crippen LogP) is 5.31. The maximum atomic E-state index is 12.9. The molecule has 0 aliphatic heterocycles. The van der Waals surface area contributed by atoms with Gasteiger partial charge in [0.2, 0.25) is 0 Å². The van der Waals surface area contributed by atoms with E-state index in [1.54, 1.807) is 0 Å². The molecule has 2 aromatic carbocycles. The molecule has 0 aromatic heterocycles. The first-order valence-corrected chi connectivity index (χ1v) is 7.66. The maximum Gasteiger partial charge on any atom is 0.123 e. The maximum absolute atomic E-state index is 12.9. The van der Waals surface area contributed by atoms with Crippen molar-refractivity contribution in [3.05, 3.63) is 69.9 Å². The van der Waals surface area contributed by atoms with Gasteiger partial charge in [0.1, 0.15) is 5.82 Å². The molecule has 0 radical (unpaired) electrons. The topological polar surface area (TPSA) is 0 Å². The quantitative estimate of drug-likeness (QED) is 0.639. The highest BCUT2D eigenvalue weighted by Gasteiger charge is 2.11. The standard InChI is InChI=1S/C15H13Br2F/c16-10-13(12-2-1-3-14(17)9-12)8-11-4-6-15(18)7-5-11/h1-7,9,13H,8,10H2. The number of halogens is 3. The molecule has 94 valence electrons. The number of alkyl halides is 1. The van der Waals surface area contributed by atoms with Crippen molar-refractivity contribution in [2.45, 2.75) is 12.3 Å². The fourth-order valence-corrected chi connectivity index (χ4v) is 2.95. The summed E-state index contributed by atoms with van der Waals surface area (Å²) in [5, 5.41) is 0.890. The molecule has 0 amide bonds. The molecule has 0 fully saturated rings. The lowest BCUT2D eigenvalue weighted by Crippen LogP contribution is -2.04. The molecule has 2 aromatic rings. The Labute approximate surface area is 123 Å². The highest BCUT2D eigenvalue weighted by molar-refractivity contribution is 9.10. The van der Waals surface area contributed by atoms with Gasteiger partial charge in [-0.2, -0.15) is 0 Å². The van der Waals surface area contributed by atoms with Crippen LogP contribution in [0, 0.1) is 5.82 Å². The second-order valence-electron chi connectivity index (χ2n) is 4.24.